The van der Waals surface area contributed by atoms with Gasteiger partial charge in [0.05, 0.1) is 18.9 Å². The predicted molar refractivity (Wildman–Crippen MR) is 120 cm³/mol. The summed E-state index contributed by atoms with van der Waals surface area (Å²) < 4.78 is 33.4. The molecule has 0 unspecified atom stereocenters. The molecule has 0 saturated heterocycles. The van der Waals surface area contributed by atoms with Gasteiger partial charge in [-0.25, -0.2) is 4.98 Å². The first-order valence-corrected chi connectivity index (χ1v) is 11.3. The third-order valence-corrected chi connectivity index (χ3v) is 4.89. The van der Waals surface area contributed by atoms with E-state index in [0.29, 0.717) is 25.8 Å². The summed E-state index contributed by atoms with van der Waals surface area (Å²) in [6.45, 7) is 1.17. The SMILES string of the molecule is C#C.CC(=O)O.NCCCC[C@H](NS(=O)(=O)NCc1nc([C@@H](N)Cc2cnc[nH]2)no1)C(=O)O. The first kappa shape index (κ1) is 30.6. The summed E-state index contributed by atoms with van der Waals surface area (Å²) in [6, 6.07) is -1.82. The van der Waals surface area contributed by atoms with Crippen LogP contribution in [0.15, 0.2) is 17.0 Å². The first-order chi connectivity index (χ1) is 16.0. The Morgan fingerprint density at radius 2 is 1.94 bits per heavy atom. The van der Waals surface area contributed by atoms with Gasteiger partial charge in [0, 0.05) is 25.2 Å². The molecule has 2 aromatic heterocycles. The quantitative estimate of drug-likeness (QED) is 0.127. The number of H-pyrrole nitrogens is 1. The van der Waals surface area contributed by atoms with E-state index in [2.05, 4.69) is 42.4 Å². The van der Waals surface area contributed by atoms with Crippen LogP contribution >= 0.6 is 0 Å². The van der Waals surface area contributed by atoms with E-state index in [1.54, 1.807) is 6.20 Å². The number of nitrogens with zero attached hydrogens (tertiary/aromatic N) is 3. The normalized spacial score (nSPS) is 12.4. The number of aliphatic carboxylic acids is 2. The van der Waals surface area contributed by atoms with E-state index in [4.69, 9.17) is 31.0 Å². The van der Waals surface area contributed by atoms with Crippen LogP contribution in [0.1, 0.15) is 49.6 Å². The fourth-order valence-electron chi connectivity index (χ4n) is 2.33. The fourth-order valence-corrected chi connectivity index (χ4v) is 3.32. The Labute approximate surface area is 196 Å². The second-order valence-corrected chi connectivity index (χ2v) is 8.10. The number of unbranched alkanes of at least 4 members (excludes halogenated alkanes) is 1. The summed E-state index contributed by atoms with van der Waals surface area (Å²) in [5.41, 5.74) is 12.1. The minimum atomic E-state index is -4.10. The minimum Gasteiger partial charge on any atom is -0.481 e. The molecule has 9 N–H and O–H groups in total. The number of imidazole rings is 1. The molecular weight excluding hydrogens is 472 g/mol. The van der Waals surface area contributed by atoms with Crippen molar-refractivity contribution in [2.75, 3.05) is 6.54 Å². The molecule has 0 aliphatic rings. The summed E-state index contributed by atoms with van der Waals surface area (Å²) >= 11 is 0. The Hall–Kier alpha value is -3.36. The van der Waals surface area contributed by atoms with Gasteiger partial charge in [0.25, 0.3) is 16.2 Å². The molecular formula is C18H30N8O7S. The average molecular weight is 503 g/mol. The van der Waals surface area contributed by atoms with Crippen LogP contribution in [0.4, 0.5) is 0 Å². The maximum Gasteiger partial charge on any atom is 0.321 e. The number of carbonyl (C=O) groups is 2. The number of rotatable bonds is 13. The van der Waals surface area contributed by atoms with Crippen LogP contribution in [0.5, 0.6) is 0 Å². The number of nitrogens with two attached hydrogens (primary N) is 2. The van der Waals surface area contributed by atoms with Gasteiger partial charge in [-0.15, -0.1) is 12.8 Å². The van der Waals surface area contributed by atoms with Gasteiger partial charge in [-0.3, -0.25) is 9.59 Å². The molecule has 2 heterocycles. The molecule has 0 spiro atoms. The Kier molecular flexibility index (Phi) is 14.7. The zero-order valence-electron chi connectivity index (χ0n) is 18.5. The molecule has 0 aliphatic carbocycles. The number of aromatic amines is 1. The number of aromatic nitrogens is 4. The van der Waals surface area contributed by atoms with Crippen molar-refractivity contribution in [1.82, 2.24) is 29.6 Å². The van der Waals surface area contributed by atoms with Crippen LogP contribution in [0.3, 0.4) is 0 Å². The van der Waals surface area contributed by atoms with E-state index in [-0.39, 0.29) is 24.7 Å². The highest BCUT2D eigenvalue weighted by Crippen LogP contribution is 2.11. The van der Waals surface area contributed by atoms with E-state index >= 15 is 0 Å². The van der Waals surface area contributed by atoms with Crippen LogP contribution in [-0.2, 0) is 32.8 Å². The smallest absolute Gasteiger partial charge is 0.321 e. The molecule has 0 aromatic carbocycles. The first-order valence-electron chi connectivity index (χ1n) is 9.82. The number of carboxylic acids is 2. The van der Waals surface area contributed by atoms with Crippen LogP contribution < -0.4 is 20.9 Å². The van der Waals surface area contributed by atoms with Gasteiger partial charge in [0.15, 0.2) is 5.82 Å². The van der Waals surface area contributed by atoms with Crippen LogP contribution in [-0.4, -0.2) is 63.3 Å². The van der Waals surface area contributed by atoms with Crippen LogP contribution in [0.25, 0.3) is 0 Å². The molecule has 0 saturated carbocycles. The van der Waals surface area contributed by atoms with Crippen molar-refractivity contribution in [2.45, 2.75) is 51.2 Å². The van der Waals surface area contributed by atoms with Gasteiger partial charge in [-0.05, 0) is 19.4 Å². The second kappa shape index (κ2) is 16.3. The Bertz CT molecular complexity index is 972. The molecule has 2 atom stereocenters. The van der Waals surface area contributed by atoms with Crippen molar-refractivity contribution < 1.29 is 32.7 Å². The van der Waals surface area contributed by atoms with Crippen LogP contribution in [0, 0.1) is 12.8 Å². The Morgan fingerprint density at radius 3 is 2.47 bits per heavy atom. The van der Waals surface area contributed by atoms with E-state index < -0.39 is 34.2 Å². The molecule has 0 radical (unpaired) electrons. The van der Waals surface area contributed by atoms with Crippen molar-refractivity contribution in [3.63, 3.8) is 0 Å². The van der Waals surface area contributed by atoms with Crippen molar-refractivity contribution in [1.29, 1.82) is 0 Å². The zero-order chi connectivity index (χ0) is 26.1. The largest absolute Gasteiger partial charge is 0.481 e. The Morgan fingerprint density at radius 1 is 1.29 bits per heavy atom. The lowest BCUT2D eigenvalue weighted by Gasteiger charge is -2.14. The number of carboxylic acid groups (broad SMARTS) is 2. The van der Waals surface area contributed by atoms with Gasteiger partial charge in [-0.2, -0.15) is 22.8 Å². The lowest BCUT2D eigenvalue weighted by atomic mass is 10.1. The predicted octanol–water partition coefficient (Wildman–Crippen LogP) is -1.12. The third kappa shape index (κ3) is 13.2. The van der Waals surface area contributed by atoms with Crippen molar-refractivity contribution >= 4 is 22.1 Å². The van der Waals surface area contributed by atoms with Crippen molar-refractivity contribution in [3.05, 3.63) is 29.9 Å². The van der Waals surface area contributed by atoms with Crippen molar-refractivity contribution in [2.24, 2.45) is 11.5 Å². The molecule has 2 aromatic rings. The zero-order valence-corrected chi connectivity index (χ0v) is 19.4. The highest BCUT2D eigenvalue weighted by Gasteiger charge is 2.24. The highest BCUT2D eigenvalue weighted by molar-refractivity contribution is 7.87. The third-order valence-electron chi connectivity index (χ3n) is 3.77. The molecule has 190 valence electrons. The lowest BCUT2D eigenvalue weighted by Crippen LogP contribution is -2.46. The summed E-state index contributed by atoms with van der Waals surface area (Å²) in [5.74, 6) is -1.90. The lowest BCUT2D eigenvalue weighted by molar-refractivity contribution is -0.139. The van der Waals surface area contributed by atoms with E-state index in [1.165, 1.54) is 6.33 Å². The fraction of sp³-hybridized carbons (Fsp3) is 0.500. The topological polar surface area (TPSA) is 252 Å². The van der Waals surface area contributed by atoms with E-state index in [9.17, 15) is 13.2 Å². The maximum atomic E-state index is 12.1. The van der Waals surface area contributed by atoms with Gasteiger partial charge in [-0.1, -0.05) is 11.6 Å². The number of nitrogens with one attached hydrogen (secondary N) is 3. The molecule has 0 fully saturated rings. The maximum absolute atomic E-state index is 12.1. The van der Waals surface area contributed by atoms with Gasteiger partial charge in [0.2, 0.25) is 5.89 Å². The molecule has 16 heteroatoms. The molecule has 0 aliphatic heterocycles. The summed E-state index contributed by atoms with van der Waals surface area (Å²) in [7, 11) is -4.10. The van der Waals surface area contributed by atoms with Crippen LogP contribution in [0.2, 0.25) is 0 Å². The molecule has 34 heavy (non-hydrogen) atoms. The van der Waals surface area contributed by atoms with Crippen molar-refractivity contribution in [3.8, 4) is 12.8 Å². The molecule has 2 rings (SSSR count). The Balaban J connectivity index is 0.00000164. The second-order valence-electron chi connectivity index (χ2n) is 6.57. The minimum absolute atomic E-state index is 0.00422. The summed E-state index contributed by atoms with van der Waals surface area (Å²) in [4.78, 5) is 31.0. The number of hydrogen-bond donors (Lipinski definition) is 7. The number of hydrogen-bond acceptors (Lipinski definition) is 10. The van der Waals surface area contributed by atoms with Gasteiger partial charge < -0.3 is 31.2 Å². The highest BCUT2D eigenvalue weighted by atomic mass is 32.2. The van der Waals surface area contributed by atoms with E-state index in [1.807, 2.05) is 0 Å². The van der Waals surface area contributed by atoms with E-state index in [0.717, 1.165) is 12.6 Å². The summed E-state index contributed by atoms with van der Waals surface area (Å²) in [5, 5.41) is 20.3. The molecule has 0 amide bonds. The standard InChI is InChI=1S/C14H24N8O5S.C2H4O2.C2H2/c15-4-2-1-3-11(14(23)24)22-28(25,26)19-7-12-20-13(21-27-12)10(16)5-9-6-17-8-18-9;1-2(3)4;1-2/h6,8,10-11,19,22H,1-5,7,15-16H2,(H,17,18)(H,23,24);1H3,(H,3,4);1-2H/t10-,11-;;/m0../s1. The monoisotopic (exact) mass is 502 g/mol. The van der Waals surface area contributed by atoms with Gasteiger partial charge >= 0.3 is 5.97 Å². The summed E-state index contributed by atoms with van der Waals surface area (Å²) in [6.07, 6.45) is 12.7. The van der Waals surface area contributed by atoms with Gasteiger partial charge in [0.1, 0.15) is 6.04 Å². The molecule has 0 bridgehead atoms. The molecule has 15 nitrogen and oxygen atoms in total. The number of terminal acetylenes is 1. The average Bonchev–Trinajstić information content (AvgIpc) is 3.45.